The first kappa shape index (κ1) is 19.4. The van der Waals surface area contributed by atoms with Crippen molar-refractivity contribution in [3.63, 3.8) is 0 Å². The Labute approximate surface area is 173 Å². The summed E-state index contributed by atoms with van der Waals surface area (Å²) in [4.78, 5) is 5.60. The normalized spacial score (nSPS) is 15.4. The molecule has 0 spiro atoms. The summed E-state index contributed by atoms with van der Waals surface area (Å²) in [6.07, 6.45) is 1.03. The lowest BCUT2D eigenvalue weighted by Gasteiger charge is -2.34. The molecule has 0 bridgehead atoms. The Bertz CT molecular complexity index is 1030. The Morgan fingerprint density at radius 1 is 1.07 bits per heavy atom. The van der Waals surface area contributed by atoms with E-state index in [0.717, 1.165) is 47.2 Å². The highest BCUT2D eigenvalue weighted by Crippen LogP contribution is 2.44. The minimum Gasteiger partial charge on any atom is -0.339 e. The van der Waals surface area contributed by atoms with E-state index in [4.69, 9.17) is 0 Å². The highest BCUT2D eigenvalue weighted by molar-refractivity contribution is 7.85. The number of rotatable bonds is 6. The van der Waals surface area contributed by atoms with Crippen LogP contribution >= 0.6 is 11.3 Å². The number of hydrogen-bond donors (Lipinski definition) is 1. The highest BCUT2D eigenvalue weighted by atomic mass is 32.2. The van der Waals surface area contributed by atoms with Crippen molar-refractivity contribution in [1.29, 1.82) is 0 Å². The van der Waals surface area contributed by atoms with Gasteiger partial charge in [0.15, 0.2) is 0 Å². The lowest BCUT2D eigenvalue weighted by molar-refractivity contribution is 0.651. The van der Waals surface area contributed by atoms with Crippen molar-refractivity contribution >= 4 is 33.5 Å². The molecule has 1 unspecified atom stereocenters. The van der Waals surface area contributed by atoms with Gasteiger partial charge in [-0.1, -0.05) is 18.2 Å². The summed E-state index contributed by atoms with van der Waals surface area (Å²) in [6.45, 7) is 9.19. The summed E-state index contributed by atoms with van der Waals surface area (Å²) in [5.41, 5.74) is 6.01. The molecule has 1 atom stereocenters. The molecule has 146 valence electrons. The van der Waals surface area contributed by atoms with E-state index >= 15 is 0 Å². The summed E-state index contributed by atoms with van der Waals surface area (Å²) in [5.74, 6) is 0. The molecule has 1 aromatic heterocycles. The van der Waals surface area contributed by atoms with Crippen molar-refractivity contribution in [3.8, 4) is 0 Å². The van der Waals surface area contributed by atoms with E-state index in [9.17, 15) is 4.21 Å². The van der Waals surface area contributed by atoms with Gasteiger partial charge < -0.3 is 10.2 Å². The highest BCUT2D eigenvalue weighted by Gasteiger charge is 2.29. The van der Waals surface area contributed by atoms with Gasteiger partial charge in [0.1, 0.15) is 0 Å². The molecule has 1 aliphatic rings. The first-order chi connectivity index (χ1) is 13.6. The van der Waals surface area contributed by atoms with Crippen molar-refractivity contribution in [1.82, 2.24) is 5.32 Å². The van der Waals surface area contributed by atoms with Gasteiger partial charge in [0.2, 0.25) is 0 Å². The first-order valence-corrected chi connectivity index (χ1v) is 11.7. The zero-order valence-electron chi connectivity index (χ0n) is 16.6. The number of aryl methyl sites for hydroxylation is 2. The number of para-hydroxylation sites is 1. The molecular formula is C23H26N2OS2. The van der Waals surface area contributed by atoms with E-state index in [1.54, 1.807) is 0 Å². The van der Waals surface area contributed by atoms with Crippen molar-refractivity contribution in [3.05, 3.63) is 69.4 Å². The van der Waals surface area contributed by atoms with E-state index < -0.39 is 10.8 Å². The zero-order chi connectivity index (χ0) is 19.7. The number of nitrogens with zero attached hydrogens (tertiary/aromatic N) is 1. The van der Waals surface area contributed by atoms with Gasteiger partial charge in [-0.2, -0.15) is 0 Å². The lowest BCUT2D eigenvalue weighted by Crippen LogP contribution is -2.28. The van der Waals surface area contributed by atoms with Gasteiger partial charge in [-0.3, -0.25) is 0 Å². The van der Waals surface area contributed by atoms with E-state index in [-0.39, 0.29) is 0 Å². The summed E-state index contributed by atoms with van der Waals surface area (Å²) >= 11 is 1.81. The molecule has 0 saturated carbocycles. The molecule has 0 radical (unpaired) electrons. The maximum absolute atomic E-state index is 13.1. The molecule has 0 aliphatic carbocycles. The molecule has 1 aliphatic heterocycles. The Morgan fingerprint density at radius 2 is 1.89 bits per heavy atom. The lowest BCUT2D eigenvalue weighted by atomic mass is 10.1. The van der Waals surface area contributed by atoms with Gasteiger partial charge in [0.25, 0.3) is 0 Å². The van der Waals surface area contributed by atoms with Gasteiger partial charge in [0, 0.05) is 18.0 Å². The quantitative estimate of drug-likeness (QED) is 0.547. The first-order valence-electron chi connectivity index (χ1n) is 9.69. The van der Waals surface area contributed by atoms with Crippen LogP contribution in [-0.2, 0) is 17.3 Å². The van der Waals surface area contributed by atoms with Crippen LogP contribution in [0.4, 0.5) is 11.4 Å². The van der Waals surface area contributed by atoms with Crippen LogP contribution in [0.3, 0.4) is 0 Å². The fourth-order valence-electron chi connectivity index (χ4n) is 3.73. The van der Waals surface area contributed by atoms with Crippen LogP contribution in [0.1, 0.15) is 28.0 Å². The Hall–Kier alpha value is -1.95. The van der Waals surface area contributed by atoms with Crippen LogP contribution in [0.5, 0.6) is 0 Å². The van der Waals surface area contributed by atoms with Crippen molar-refractivity contribution < 1.29 is 4.21 Å². The molecule has 1 N–H and O–H groups in total. The van der Waals surface area contributed by atoms with E-state index in [2.05, 4.69) is 54.6 Å². The summed E-state index contributed by atoms with van der Waals surface area (Å²) < 4.78 is 13.1. The second-order valence-electron chi connectivity index (χ2n) is 7.36. The fourth-order valence-corrected chi connectivity index (χ4v) is 6.01. The SMILES string of the molecule is Cc1csc(CNCCCN2c3ccccc3S(=O)c3ccc(C)c(C)c32)c1. The summed E-state index contributed by atoms with van der Waals surface area (Å²) in [6, 6.07) is 14.5. The van der Waals surface area contributed by atoms with Crippen molar-refractivity contribution in [2.75, 3.05) is 18.0 Å². The molecular weight excluding hydrogens is 384 g/mol. The second-order valence-corrected chi connectivity index (χ2v) is 9.78. The Kier molecular flexibility index (Phi) is 5.67. The van der Waals surface area contributed by atoms with Crippen LogP contribution in [0.15, 0.2) is 57.6 Å². The molecule has 2 aromatic carbocycles. The average molecular weight is 411 g/mol. The minimum atomic E-state index is -1.12. The maximum Gasteiger partial charge on any atom is 0.0892 e. The average Bonchev–Trinajstić information content (AvgIpc) is 3.11. The third kappa shape index (κ3) is 3.66. The third-order valence-corrected chi connectivity index (χ3v) is 7.84. The van der Waals surface area contributed by atoms with Crippen LogP contribution in [0.25, 0.3) is 0 Å². The minimum absolute atomic E-state index is 0.905. The van der Waals surface area contributed by atoms with Crippen LogP contribution in [-0.4, -0.2) is 17.3 Å². The van der Waals surface area contributed by atoms with E-state index in [0.29, 0.717) is 0 Å². The molecule has 0 saturated heterocycles. The predicted molar refractivity (Wildman–Crippen MR) is 119 cm³/mol. The molecule has 2 heterocycles. The van der Waals surface area contributed by atoms with Gasteiger partial charge in [-0.15, -0.1) is 11.3 Å². The number of thiophene rings is 1. The van der Waals surface area contributed by atoms with E-state index in [1.807, 2.05) is 35.6 Å². The van der Waals surface area contributed by atoms with Gasteiger partial charge in [-0.25, -0.2) is 4.21 Å². The van der Waals surface area contributed by atoms with Crippen LogP contribution in [0.2, 0.25) is 0 Å². The Morgan fingerprint density at radius 3 is 2.68 bits per heavy atom. The van der Waals surface area contributed by atoms with Gasteiger partial charge in [0.05, 0.1) is 32.0 Å². The molecule has 3 nitrogen and oxygen atoms in total. The van der Waals surface area contributed by atoms with Gasteiger partial charge in [-0.05, 0) is 80.1 Å². The zero-order valence-corrected chi connectivity index (χ0v) is 18.3. The van der Waals surface area contributed by atoms with E-state index in [1.165, 1.54) is 21.6 Å². The summed E-state index contributed by atoms with van der Waals surface area (Å²) in [5, 5.41) is 5.76. The standard InChI is InChI=1S/C23H26N2OS2/c1-16-13-19(27-15-16)14-24-11-6-12-25-20-7-4-5-8-21(20)28(26)22-10-9-17(2)18(3)23(22)25/h4-5,7-10,13,15,24H,6,11-12,14H2,1-3H3. The number of hydrogen-bond acceptors (Lipinski definition) is 4. The third-order valence-electron chi connectivity index (χ3n) is 5.31. The monoisotopic (exact) mass is 410 g/mol. The molecule has 4 rings (SSSR count). The largest absolute Gasteiger partial charge is 0.339 e. The number of fused-ring (bicyclic) bond motifs is 2. The van der Waals surface area contributed by atoms with Crippen LogP contribution in [0, 0.1) is 20.8 Å². The molecule has 0 fully saturated rings. The Balaban J connectivity index is 1.52. The van der Waals surface area contributed by atoms with Crippen LogP contribution < -0.4 is 10.2 Å². The molecule has 5 heteroatoms. The number of benzene rings is 2. The fraction of sp³-hybridized carbons (Fsp3) is 0.304. The topological polar surface area (TPSA) is 32.3 Å². The smallest absolute Gasteiger partial charge is 0.0892 e. The predicted octanol–water partition coefficient (Wildman–Crippen LogP) is 5.47. The number of nitrogens with one attached hydrogen (secondary N) is 1. The maximum atomic E-state index is 13.1. The molecule has 3 aromatic rings. The van der Waals surface area contributed by atoms with Crippen molar-refractivity contribution in [2.45, 2.75) is 43.5 Å². The molecule has 28 heavy (non-hydrogen) atoms. The second kappa shape index (κ2) is 8.19. The number of anilines is 2. The van der Waals surface area contributed by atoms with Gasteiger partial charge >= 0.3 is 0 Å². The molecule has 0 amide bonds. The summed E-state index contributed by atoms with van der Waals surface area (Å²) in [7, 11) is -1.12. The van der Waals surface area contributed by atoms with Crippen molar-refractivity contribution in [2.24, 2.45) is 0 Å².